The lowest BCUT2D eigenvalue weighted by atomic mass is 10.0. The SMILES string of the molecule is CCCCCCCCC/C=C/C(O)C(CO)NC(C)=O.CCCCCCCCC/C=C/C(O)C(N)CO.CCCCCCCCC/C=C/C(O)C1CCC(C)(C)N1C. The van der Waals surface area contributed by atoms with Gasteiger partial charge >= 0.3 is 0 Å². The molecule has 9 nitrogen and oxygen atoms in total. The van der Waals surface area contributed by atoms with Crippen LogP contribution in [0.25, 0.3) is 0 Å². The molecule has 1 aliphatic heterocycles. The Kier molecular flexibility index (Phi) is 41.2. The van der Waals surface area contributed by atoms with Crippen LogP contribution in [0.2, 0.25) is 0 Å². The van der Waals surface area contributed by atoms with Gasteiger partial charge in [-0.15, -0.1) is 0 Å². The van der Waals surface area contributed by atoms with Gasteiger partial charge in [0.15, 0.2) is 0 Å². The van der Waals surface area contributed by atoms with Crippen LogP contribution in [0.4, 0.5) is 0 Å². The third kappa shape index (κ3) is 34.2. The van der Waals surface area contributed by atoms with E-state index < -0.39 is 24.3 Å². The Morgan fingerprint density at radius 1 is 0.655 bits per heavy atom. The number of aliphatic hydroxyl groups is 5. The number of aliphatic hydroxyl groups excluding tert-OH is 5. The van der Waals surface area contributed by atoms with Crippen LogP contribution in [-0.2, 0) is 4.79 Å². The summed E-state index contributed by atoms with van der Waals surface area (Å²) in [4.78, 5) is 13.2. The summed E-state index contributed by atoms with van der Waals surface area (Å²) in [6.07, 6.45) is 42.4. The second kappa shape index (κ2) is 40.8. The van der Waals surface area contributed by atoms with Crippen molar-refractivity contribution >= 4 is 5.91 Å². The summed E-state index contributed by atoms with van der Waals surface area (Å²) in [6.45, 7) is 12.2. The molecule has 6 unspecified atom stereocenters. The van der Waals surface area contributed by atoms with Crippen molar-refractivity contribution in [1.29, 1.82) is 0 Å². The number of hydrogen-bond donors (Lipinski definition) is 7. The van der Waals surface area contributed by atoms with Crippen molar-refractivity contribution in [2.24, 2.45) is 5.73 Å². The molecule has 8 N–H and O–H groups in total. The van der Waals surface area contributed by atoms with Crippen molar-refractivity contribution in [3.05, 3.63) is 36.5 Å². The number of nitrogens with one attached hydrogen (secondary N) is 1. The highest BCUT2D eigenvalue weighted by Crippen LogP contribution is 2.33. The van der Waals surface area contributed by atoms with Gasteiger partial charge < -0.3 is 36.6 Å². The maximum atomic E-state index is 10.9. The number of nitrogens with two attached hydrogens (primary N) is 1. The Labute approximate surface area is 358 Å². The molecule has 0 aromatic rings. The van der Waals surface area contributed by atoms with Crippen molar-refractivity contribution in [3.8, 4) is 0 Å². The molecule has 1 saturated heterocycles. The van der Waals surface area contributed by atoms with E-state index in [-0.39, 0.29) is 30.8 Å². The number of unbranched alkanes of at least 4 members (excludes halogenated alkanes) is 21. The Bertz CT molecular complexity index is 989. The molecule has 1 amide bonds. The molecule has 0 saturated carbocycles. The van der Waals surface area contributed by atoms with Crippen LogP contribution in [0.15, 0.2) is 36.5 Å². The molecule has 6 atom stereocenters. The molecule has 58 heavy (non-hydrogen) atoms. The molecule has 1 aliphatic rings. The molecule has 344 valence electrons. The van der Waals surface area contributed by atoms with Crippen LogP contribution in [-0.4, -0.2) is 98.6 Å². The Hall–Kier alpha value is -1.59. The Morgan fingerprint density at radius 3 is 1.38 bits per heavy atom. The van der Waals surface area contributed by atoms with Gasteiger partial charge in [-0.1, -0.05) is 173 Å². The van der Waals surface area contributed by atoms with E-state index in [9.17, 15) is 20.1 Å². The Morgan fingerprint density at radius 2 is 1.03 bits per heavy atom. The van der Waals surface area contributed by atoms with Gasteiger partial charge in [0.25, 0.3) is 0 Å². The van der Waals surface area contributed by atoms with Crippen LogP contribution in [0, 0.1) is 0 Å². The highest BCUT2D eigenvalue weighted by Gasteiger charge is 2.39. The maximum absolute atomic E-state index is 10.9. The van der Waals surface area contributed by atoms with Gasteiger partial charge in [-0.3, -0.25) is 9.69 Å². The number of nitrogens with zero attached hydrogens (tertiary/aromatic N) is 1. The smallest absolute Gasteiger partial charge is 0.217 e. The number of amides is 1. The molecule has 0 aromatic heterocycles. The fourth-order valence-corrected chi connectivity index (χ4v) is 7.10. The van der Waals surface area contributed by atoms with E-state index in [2.05, 4.69) is 58.0 Å². The second-order valence-corrected chi connectivity index (χ2v) is 17.4. The largest absolute Gasteiger partial charge is 0.395 e. The number of rotatable bonds is 33. The maximum Gasteiger partial charge on any atom is 0.217 e. The van der Waals surface area contributed by atoms with Crippen LogP contribution in [0.3, 0.4) is 0 Å². The third-order valence-corrected chi connectivity index (χ3v) is 11.5. The van der Waals surface area contributed by atoms with Gasteiger partial charge in [0.1, 0.15) is 0 Å². The van der Waals surface area contributed by atoms with Crippen LogP contribution >= 0.6 is 0 Å². The first kappa shape index (κ1) is 58.5. The minimum Gasteiger partial charge on any atom is -0.395 e. The second-order valence-electron chi connectivity index (χ2n) is 17.4. The summed E-state index contributed by atoms with van der Waals surface area (Å²) < 4.78 is 0. The van der Waals surface area contributed by atoms with Crippen molar-refractivity contribution in [3.63, 3.8) is 0 Å². The number of likely N-dealkylation sites (tertiary alicyclic amines) is 1. The van der Waals surface area contributed by atoms with Gasteiger partial charge in [-0.25, -0.2) is 0 Å². The molecule has 0 aliphatic carbocycles. The monoisotopic (exact) mass is 824 g/mol. The van der Waals surface area contributed by atoms with Crippen molar-refractivity contribution in [2.45, 2.75) is 250 Å². The number of allylic oxidation sites excluding steroid dienone is 3. The predicted molar refractivity (Wildman–Crippen MR) is 248 cm³/mol. The average Bonchev–Trinajstić information content (AvgIpc) is 3.48. The van der Waals surface area contributed by atoms with E-state index in [4.69, 9.17) is 15.9 Å². The summed E-state index contributed by atoms with van der Waals surface area (Å²) >= 11 is 0. The lowest BCUT2D eigenvalue weighted by Gasteiger charge is -2.33. The molecule has 1 fully saturated rings. The van der Waals surface area contributed by atoms with E-state index in [0.29, 0.717) is 6.04 Å². The molecular formula is C49H97N3O6. The summed E-state index contributed by atoms with van der Waals surface area (Å²) in [5, 5.41) is 49.9. The molecule has 0 spiro atoms. The molecule has 9 heteroatoms. The number of carbonyl (C=O) groups excluding carboxylic acids is 1. The molecule has 1 rings (SSSR count). The fraction of sp³-hybridized carbons (Fsp3) is 0.857. The first-order valence-electron chi connectivity index (χ1n) is 23.8. The van der Waals surface area contributed by atoms with Crippen LogP contribution < -0.4 is 11.1 Å². The first-order chi connectivity index (χ1) is 27.8. The summed E-state index contributed by atoms with van der Waals surface area (Å²) in [6, 6.07) is -0.872. The quantitative estimate of drug-likeness (QED) is 0.0255. The average molecular weight is 824 g/mol. The summed E-state index contributed by atoms with van der Waals surface area (Å²) in [5.41, 5.74) is 5.71. The highest BCUT2D eigenvalue weighted by molar-refractivity contribution is 5.73. The van der Waals surface area contributed by atoms with E-state index in [1.165, 1.54) is 142 Å². The summed E-state index contributed by atoms with van der Waals surface area (Å²) in [5.74, 6) is -0.247. The van der Waals surface area contributed by atoms with Gasteiger partial charge in [0, 0.05) is 18.5 Å². The third-order valence-electron chi connectivity index (χ3n) is 11.5. The molecule has 0 bridgehead atoms. The topological polar surface area (TPSA) is 160 Å². The van der Waals surface area contributed by atoms with Crippen molar-refractivity contribution in [1.82, 2.24) is 10.2 Å². The minimum atomic E-state index is -0.826. The van der Waals surface area contributed by atoms with E-state index in [1.54, 1.807) is 12.2 Å². The molecule has 1 heterocycles. The molecule has 0 aromatic carbocycles. The van der Waals surface area contributed by atoms with Crippen molar-refractivity contribution < 1.29 is 30.3 Å². The highest BCUT2D eigenvalue weighted by atomic mass is 16.3. The Balaban J connectivity index is 0. The van der Waals surface area contributed by atoms with Crippen LogP contribution in [0.1, 0.15) is 208 Å². The van der Waals surface area contributed by atoms with E-state index in [0.717, 1.165) is 32.1 Å². The lowest BCUT2D eigenvalue weighted by molar-refractivity contribution is -0.120. The van der Waals surface area contributed by atoms with Gasteiger partial charge in [0.05, 0.1) is 43.6 Å². The number of hydrogen-bond acceptors (Lipinski definition) is 8. The zero-order valence-electron chi connectivity index (χ0n) is 38.9. The van der Waals surface area contributed by atoms with Gasteiger partial charge in [0.2, 0.25) is 5.91 Å². The minimum absolute atomic E-state index is 0.178. The normalized spacial score (nSPS) is 18.1. The van der Waals surface area contributed by atoms with Crippen LogP contribution in [0.5, 0.6) is 0 Å². The lowest BCUT2D eigenvalue weighted by Crippen LogP contribution is -2.44. The molecular weight excluding hydrogens is 727 g/mol. The predicted octanol–water partition coefficient (Wildman–Crippen LogP) is 9.82. The molecule has 0 radical (unpaired) electrons. The number of carbonyl (C=O) groups is 1. The zero-order chi connectivity index (χ0) is 43.9. The first-order valence-corrected chi connectivity index (χ1v) is 23.8. The van der Waals surface area contributed by atoms with Crippen molar-refractivity contribution in [2.75, 3.05) is 20.3 Å². The number of likely N-dealkylation sites (N-methyl/N-ethyl adjacent to an activating group) is 1. The van der Waals surface area contributed by atoms with E-state index >= 15 is 0 Å². The van der Waals surface area contributed by atoms with Gasteiger partial charge in [-0.2, -0.15) is 0 Å². The summed E-state index contributed by atoms with van der Waals surface area (Å²) in [7, 11) is 2.14. The van der Waals surface area contributed by atoms with E-state index in [1.807, 2.05) is 18.2 Å². The van der Waals surface area contributed by atoms with Gasteiger partial charge in [-0.05, 0) is 72.3 Å². The fourth-order valence-electron chi connectivity index (χ4n) is 7.10. The standard InChI is InChI=1S/C19H37NO.C16H31NO3.C14H29NO2/c1-5-6-7-8-9-10-11-12-13-14-18(21)17-15-16-19(2,3)20(17)4;1-3-4-5-6-7-8-9-10-11-12-16(20)15(13-18)17-14(2)19;1-2-3-4-5-6-7-8-9-10-11-14(17)13(15)12-16/h13-14,17-18,21H,5-12,15-16H2,1-4H3;11-12,15-16,18,20H,3-10,13H2,1-2H3,(H,17,19);10-11,13-14,16-17H,2-9,12,15H2,1H3/b14-13+;12-11+;11-10+. The zero-order valence-corrected chi connectivity index (χ0v) is 38.9.